The van der Waals surface area contributed by atoms with Gasteiger partial charge in [-0.3, -0.25) is 4.79 Å². The predicted octanol–water partition coefficient (Wildman–Crippen LogP) is 5.14. The van der Waals surface area contributed by atoms with Gasteiger partial charge in [0.2, 0.25) is 0 Å². The van der Waals surface area contributed by atoms with Crippen LogP contribution in [-0.2, 0) is 33.4 Å². The Balaban J connectivity index is 2.12. The van der Waals surface area contributed by atoms with Crippen LogP contribution in [0.15, 0.2) is 34.9 Å². The average molecular weight is 515 g/mol. The van der Waals surface area contributed by atoms with Crippen molar-refractivity contribution in [2.45, 2.75) is 87.4 Å². The third-order valence-corrected chi connectivity index (χ3v) is 9.51. The average Bonchev–Trinajstić information content (AvgIpc) is 2.98. The summed E-state index contributed by atoms with van der Waals surface area (Å²) in [6.07, 6.45) is 4.39. The number of hydrogen-bond acceptors (Lipinski definition) is 7. The highest BCUT2D eigenvalue weighted by Gasteiger charge is 2.77. The van der Waals surface area contributed by atoms with E-state index in [1.165, 1.54) is 0 Å². The third kappa shape index (κ3) is 4.70. The number of fused-ring (bicyclic) bond motifs is 1. The van der Waals surface area contributed by atoms with Crippen molar-refractivity contribution in [3.63, 3.8) is 0 Å². The number of allylic oxidation sites excluding steroid dienone is 3. The fourth-order valence-corrected chi connectivity index (χ4v) is 6.97. The maximum Gasteiger partial charge on any atom is 0.333 e. The number of esters is 3. The highest BCUT2D eigenvalue weighted by Crippen LogP contribution is 2.73. The van der Waals surface area contributed by atoms with E-state index in [0.717, 1.165) is 0 Å². The van der Waals surface area contributed by atoms with Crippen LogP contribution >= 0.6 is 0 Å². The first-order valence-electron chi connectivity index (χ1n) is 13.3. The van der Waals surface area contributed by atoms with Crippen molar-refractivity contribution in [1.82, 2.24) is 0 Å². The minimum atomic E-state index is -0.844. The molecule has 0 aromatic rings. The number of ketones is 1. The molecule has 0 spiro atoms. The molecule has 0 aromatic heterocycles. The van der Waals surface area contributed by atoms with Crippen LogP contribution in [0.3, 0.4) is 0 Å². The van der Waals surface area contributed by atoms with Crippen molar-refractivity contribution in [3.05, 3.63) is 34.9 Å². The molecule has 37 heavy (non-hydrogen) atoms. The van der Waals surface area contributed by atoms with E-state index in [9.17, 15) is 19.2 Å². The Bertz CT molecular complexity index is 1070. The van der Waals surface area contributed by atoms with E-state index in [2.05, 4.69) is 6.92 Å². The molecule has 8 atom stereocenters. The number of hydrogen-bond donors (Lipinski definition) is 0. The fourth-order valence-electron chi connectivity index (χ4n) is 6.97. The number of carbonyl (C=O) groups is 4. The zero-order valence-electron chi connectivity index (χ0n) is 23.7. The molecule has 0 amide bonds. The van der Waals surface area contributed by atoms with Gasteiger partial charge in [0.15, 0.2) is 0 Å². The SMILES string of the molecule is C/C=C(/C)C(=O)OC[C@]1(C)[C@H]2[C@@H]3[C@H](C)CC(=O)[C@H]2[C@]3(C)[C@H](OC(=O)/C(C)=C\C)C[C@H]1OC(=O)/C(C)=C\C. The lowest BCUT2D eigenvalue weighted by Crippen LogP contribution is -2.71. The Hall–Kier alpha value is -2.70. The quantitative estimate of drug-likeness (QED) is 0.264. The first-order valence-corrected chi connectivity index (χ1v) is 13.3. The van der Waals surface area contributed by atoms with Gasteiger partial charge in [0.25, 0.3) is 0 Å². The minimum Gasteiger partial charge on any atom is -0.462 e. The summed E-state index contributed by atoms with van der Waals surface area (Å²) in [5, 5.41) is 0. The van der Waals surface area contributed by atoms with Crippen molar-refractivity contribution in [2.75, 3.05) is 6.61 Å². The van der Waals surface area contributed by atoms with Gasteiger partial charge in [-0.15, -0.1) is 0 Å². The first-order chi connectivity index (χ1) is 17.3. The summed E-state index contributed by atoms with van der Waals surface area (Å²) in [6, 6.07) is 0. The molecule has 3 saturated carbocycles. The van der Waals surface area contributed by atoms with Crippen LogP contribution < -0.4 is 0 Å². The van der Waals surface area contributed by atoms with E-state index in [0.29, 0.717) is 23.1 Å². The molecule has 3 aliphatic carbocycles. The zero-order valence-corrected chi connectivity index (χ0v) is 23.7. The number of carbonyl (C=O) groups excluding carboxylic acids is 4. The third-order valence-electron chi connectivity index (χ3n) is 9.51. The Labute approximate surface area is 220 Å². The lowest BCUT2D eigenvalue weighted by atomic mass is 9.35. The van der Waals surface area contributed by atoms with Gasteiger partial charge in [0.05, 0.1) is 0 Å². The van der Waals surface area contributed by atoms with Crippen LogP contribution in [-0.4, -0.2) is 42.5 Å². The lowest BCUT2D eigenvalue weighted by Gasteiger charge is -2.68. The monoisotopic (exact) mass is 514 g/mol. The molecule has 0 heterocycles. The van der Waals surface area contributed by atoms with Crippen LogP contribution in [0.1, 0.15) is 75.2 Å². The Morgan fingerprint density at radius 3 is 1.81 bits per heavy atom. The Morgan fingerprint density at radius 2 is 1.32 bits per heavy atom. The smallest absolute Gasteiger partial charge is 0.333 e. The van der Waals surface area contributed by atoms with Gasteiger partial charge in [-0.2, -0.15) is 0 Å². The van der Waals surface area contributed by atoms with Crippen LogP contribution in [0.4, 0.5) is 0 Å². The number of rotatable bonds is 7. The van der Waals surface area contributed by atoms with Gasteiger partial charge in [0, 0.05) is 46.3 Å². The molecule has 3 aliphatic rings. The van der Waals surface area contributed by atoms with E-state index < -0.39 is 40.9 Å². The van der Waals surface area contributed by atoms with E-state index in [-0.39, 0.29) is 42.5 Å². The maximum absolute atomic E-state index is 13.5. The largest absolute Gasteiger partial charge is 0.462 e. The summed E-state index contributed by atoms with van der Waals surface area (Å²) < 4.78 is 18.0. The minimum absolute atomic E-state index is 0.00779. The number of ether oxygens (including phenoxy) is 3. The first kappa shape index (κ1) is 28.9. The Morgan fingerprint density at radius 1 is 0.838 bits per heavy atom. The molecule has 0 N–H and O–H groups in total. The summed E-state index contributed by atoms with van der Waals surface area (Å²) in [6.45, 7) is 16.4. The van der Waals surface area contributed by atoms with Gasteiger partial charge in [-0.05, 0) is 59.3 Å². The molecule has 4 bridgehead atoms. The number of Topliss-reactive ketones (excluding diaryl/α,β-unsaturated/α-hetero) is 1. The second kappa shape index (κ2) is 10.6. The highest BCUT2D eigenvalue weighted by atomic mass is 16.6. The van der Waals surface area contributed by atoms with Crippen molar-refractivity contribution in [1.29, 1.82) is 0 Å². The van der Waals surface area contributed by atoms with Crippen molar-refractivity contribution in [3.8, 4) is 0 Å². The van der Waals surface area contributed by atoms with E-state index >= 15 is 0 Å². The molecule has 0 radical (unpaired) electrons. The summed E-state index contributed by atoms with van der Waals surface area (Å²) in [5.41, 5.74) is -0.0273. The fraction of sp³-hybridized carbons (Fsp3) is 0.667. The molecule has 0 unspecified atom stereocenters. The van der Waals surface area contributed by atoms with Crippen molar-refractivity contribution in [2.24, 2.45) is 34.5 Å². The molecule has 204 valence electrons. The van der Waals surface area contributed by atoms with Gasteiger partial charge < -0.3 is 14.2 Å². The normalized spacial score (nSPS) is 37.8. The molecular weight excluding hydrogens is 472 g/mol. The van der Waals surface area contributed by atoms with Gasteiger partial charge in [-0.1, -0.05) is 39.0 Å². The topological polar surface area (TPSA) is 96.0 Å². The summed E-state index contributed by atoms with van der Waals surface area (Å²) in [4.78, 5) is 52.1. The molecule has 0 aromatic carbocycles. The van der Waals surface area contributed by atoms with Crippen LogP contribution in [0.2, 0.25) is 0 Å². The maximum atomic E-state index is 13.5. The molecule has 0 aliphatic heterocycles. The molecule has 3 fully saturated rings. The second-order valence-electron chi connectivity index (χ2n) is 11.6. The van der Waals surface area contributed by atoms with Crippen LogP contribution in [0.5, 0.6) is 0 Å². The highest BCUT2D eigenvalue weighted by molar-refractivity contribution is 5.90. The van der Waals surface area contributed by atoms with Gasteiger partial charge in [-0.25, -0.2) is 14.4 Å². The molecule has 3 rings (SSSR count). The van der Waals surface area contributed by atoms with Crippen LogP contribution in [0, 0.1) is 34.5 Å². The van der Waals surface area contributed by atoms with E-state index in [4.69, 9.17) is 14.2 Å². The van der Waals surface area contributed by atoms with E-state index in [1.807, 2.05) is 13.8 Å². The van der Waals surface area contributed by atoms with Crippen LogP contribution in [0.25, 0.3) is 0 Å². The summed E-state index contributed by atoms with van der Waals surface area (Å²) in [7, 11) is 0. The predicted molar refractivity (Wildman–Crippen MR) is 139 cm³/mol. The van der Waals surface area contributed by atoms with Crippen molar-refractivity contribution >= 4 is 23.7 Å². The zero-order chi connectivity index (χ0) is 27.9. The summed E-state index contributed by atoms with van der Waals surface area (Å²) >= 11 is 0. The lowest BCUT2D eigenvalue weighted by molar-refractivity contribution is -0.244. The molecule has 7 heteroatoms. The van der Waals surface area contributed by atoms with Gasteiger partial charge >= 0.3 is 17.9 Å². The Kier molecular flexibility index (Phi) is 8.25. The second-order valence-corrected chi connectivity index (χ2v) is 11.6. The standard InChI is InChI=1S/C30H42O7/c1-10-16(4)26(32)35-15-29(8)21(36-27(33)17(5)11-2)14-22(37-28(34)18(6)12-3)30(9)23-19(7)13-20(31)24(30)25(23)29/h10-12,19,21-25H,13-15H2,1-9H3/b16-10-,17-11-,18-12-/t19-,21-,22-,23+,24-,25+,29+,30-/m1/s1. The molecule has 7 nitrogen and oxygen atoms in total. The van der Waals surface area contributed by atoms with E-state index in [1.54, 1.807) is 59.8 Å². The van der Waals surface area contributed by atoms with Gasteiger partial charge in [0.1, 0.15) is 24.6 Å². The molecule has 0 saturated heterocycles. The van der Waals surface area contributed by atoms with Crippen molar-refractivity contribution < 1.29 is 33.4 Å². The summed E-state index contributed by atoms with van der Waals surface area (Å²) in [5.74, 6) is -1.70. The molecular formula is C30H42O7.